The average Bonchev–Trinajstić information content (AvgIpc) is 2.73. The van der Waals surface area contributed by atoms with E-state index in [0.29, 0.717) is 12.8 Å². The molecule has 1 rings (SSSR count). The van der Waals surface area contributed by atoms with Gasteiger partial charge in [-0.3, -0.25) is 4.79 Å². The van der Waals surface area contributed by atoms with Crippen LogP contribution in [0.4, 0.5) is 4.79 Å². The van der Waals surface area contributed by atoms with Gasteiger partial charge in [0, 0.05) is 26.1 Å². The monoisotopic (exact) mass is 306 g/mol. The lowest BCUT2D eigenvalue weighted by atomic mass is 10.0. The van der Waals surface area contributed by atoms with Crippen LogP contribution in [0, 0.1) is 5.92 Å². The van der Waals surface area contributed by atoms with Crippen LogP contribution in [0.5, 0.6) is 0 Å². The summed E-state index contributed by atoms with van der Waals surface area (Å²) in [4.78, 5) is 24.0. The summed E-state index contributed by atoms with van der Waals surface area (Å²) in [5.74, 6) is -0.881. The van der Waals surface area contributed by atoms with Gasteiger partial charge in [0.1, 0.15) is 0 Å². The van der Waals surface area contributed by atoms with E-state index in [-0.39, 0.29) is 42.5 Å². The largest absolute Gasteiger partial charge is 0.481 e. The van der Waals surface area contributed by atoms with Gasteiger partial charge >= 0.3 is 12.0 Å². The number of urea groups is 1. The van der Waals surface area contributed by atoms with Gasteiger partial charge in [-0.25, -0.2) is 13.2 Å². The minimum Gasteiger partial charge on any atom is -0.481 e. The summed E-state index contributed by atoms with van der Waals surface area (Å²) in [5, 5.41) is 11.4. The highest BCUT2D eigenvalue weighted by molar-refractivity contribution is 7.91. The summed E-state index contributed by atoms with van der Waals surface area (Å²) in [6.07, 6.45) is 1.13. The van der Waals surface area contributed by atoms with E-state index in [1.165, 1.54) is 4.90 Å². The zero-order chi connectivity index (χ0) is 15.3. The molecule has 1 heterocycles. The molecule has 2 unspecified atom stereocenters. The average molecular weight is 306 g/mol. The second-order valence-corrected chi connectivity index (χ2v) is 7.45. The predicted octanol–water partition coefficient (Wildman–Crippen LogP) is 0.316. The van der Waals surface area contributed by atoms with Crippen molar-refractivity contribution in [1.29, 1.82) is 0 Å². The van der Waals surface area contributed by atoms with Crippen LogP contribution in [-0.2, 0) is 14.6 Å². The molecular formula is C12H22N2O5S. The molecule has 2 N–H and O–H groups in total. The van der Waals surface area contributed by atoms with Gasteiger partial charge in [-0.2, -0.15) is 0 Å². The van der Waals surface area contributed by atoms with Crippen LogP contribution >= 0.6 is 0 Å². The molecule has 0 spiro atoms. The highest BCUT2D eigenvalue weighted by atomic mass is 32.2. The molecule has 1 saturated heterocycles. The fourth-order valence-electron chi connectivity index (χ4n) is 2.21. The molecule has 0 saturated carbocycles. The van der Waals surface area contributed by atoms with E-state index < -0.39 is 15.8 Å². The topological polar surface area (TPSA) is 104 Å². The Kier molecular flexibility index (Phi) is 5.79. The molecule has 0 bridgehead atoms. The van der Waals surface area contributed by atoms with Crippen LogP contribution in [0.3, 0.4) is 0 Å². The van der Waals surface area contributed by atoms with Crippen LogP contribution < -0.4 is 5.32 Å². The van der Waals surface area contributed by atoms with Gasteiger partial charge in [-0.05, 0) is 12.3 Å². The Labute approximate surface area is 119 Å². The Morgan fingerprint density at radius 2 is 2.10 bits per heavy atom. The molecular weight excluding hydrogens is 284 g/mol. The maximum absolute atomic E-state index is 11.9. The van der Waals surface area contributed by atoms with Gasteiger partial charge < -0.3 is 15.3 Å². The lowest BCUT2D eigenvalue weighted by Gasteiger charge is -2.24. The zero-order valence-electron chi connectivity index (χ0n) is 11.8. The van der Waals surface area contributed by atoms with Crippen molar-refractivity contribution >= 4 is 21.8 Å². The highest BCUT2D eigenvalue weighted by Crippen LogP contribution is 2.16. The molecule has 116 valence electrons. The van der Waals surface area contributed by atoms with E-state index in [2.05, 4.69) is 5.32 Å². The summed E-state index contributed by atoms with van der Waals surface area (Å²) < 4.78 is 22.8. The molecule has 7 nitrogen and oxygen atoms in total. The first-order valence-electron chi connectivity index (χ1n) is 6.68. The number of carboxylic acid groups (broad SMARTS) is 1. The second kappa shape index (κ2) is 6.92. The number of aliphatic carboxylic acids is 1. The molecule has 0 aromatic heterocycles. The van der Waals surface area contributed by atoms with E-state index in [9.17, 15) is 18.0 Å². The number of carboxylic acids is 1. The Hall–Kier alpha value is -1.31. The Morgan fingerprint density at radius 3 is 2.55 bits per heavy atom. The standard InChI is InChI=1S/C12H22N2O5S/c1-3-9(6-11(15)16)7-13-12(17)14(2)10-4-5-20(18,19)8-10/h9-10H,3-8H2,1-2H3,(H,13,17)(H,15,16). The first kappa shape index (κ1) is 16.7. The number of hydrogen-bond acceptors (Lipinski definition) is 4. The van der Waals surface area contributed by atoms with Crippen LogP contribution in [0.15, 0.2) is 0 Å². The van der Waals surface area contributed by atoms with Crippen LogP contribution in [0.1, 0.15) is 26.2 Å². The zero-order valence-corrected chi connectivity index (χ0v) is 12.6. The van der Waals surface area contributed by atoms with Crippen molar-refractivity contribution in [1.82, 2.24) is 10.2 Å². The maximum atomic E-state index is 11.9. The van der Waals surface area contributed by atoms with Gasteiger partial charge in [-0.1, -0.05) is 13.3 Å². The molecule has 1 fully saturated rings. The number of amides is 2. The molecule has 1 aliphatic rings. The van der Waals surface area contributed by atoms with Crippen LogP contribution in [-0.4, -0.2) is 61.6 Å². The molecule has 8 heteroatoms. The van der Waals surface area contributed by atoms with Crippen molar-refractivity contribution in [3.05, 3.63) is 0 Å². The summed E-state index contributed by atoms with van der Waals surface area (Å²) in [7, 11) is -1.46. The minimum absolute atomic E-state index is 0.00323. The lowest BCUT2D eigenvalue weighted by Crippen LogP contribution is -2.45. The van der Waals surface area contributed by atoms with E-state index in [1.54, 1.807) is 7.05 Å². The van der Waals surface area contributed by atoms with Crippen molar-refractivity contribution in [3.8, 4) is 0 Å². The summed E-state index contributed by atoms with van der Waals surface area (Å²) in [6.45, 7) is 2.15. The van der Waals surface area contributed by atoms with Crippen molar-refractivity contribution in [2.24, 2.45) is 5.92 Å². The highest BCUT2D eigenvalue weighted by Gasteiger charge is 2.32. The molecule has 0 aromatic rings. The third-order valence-corrected chi connectivity index (χ3v) is 5.41. The second-order valence-electron chi connectivity index (χ2n) is 5.23. The van der Waals surface area contributed by atoms with Gasteiger partial charge in [-0.15, -0.1) is 0 Å². The van der Waals surface area contributed by atoms with Gasteiger partial charge in [0.2, 0.25) is 0 Å². The van der Waals surface area contributed by atoms with Crippen LogP contribution in [0.2, 0.25) is 0 Å². The fourth-order valence-corrected chi connectivity index (χ4v) is 3.99. The minimum atomic E-state index is -3.03. The number of sulfone groups is 1. The summed E-state index contributed by atoms with van der Waals surface area (Å²) in [6, 6.07) is -0.643. The fraction of sp³-hybridized carbons (Fsp3) is 0.833. The summed E-state index contributed by atoms with van der Waals surface area (Å²) in [5.41, 5.74) is 0. The Morgan fingerprint density at radius 1 is 1.45 bits per heavy atom. The van der Waals surface area contributed by atoms with E-state index in [0.717, 1.165) is 0 Å². The first-order valence-corrected chi connectivity index (χ1v) is 8.50. The number of nitrogens with one attached hydrogen (secondary N) is 1. The third kappa shape index (κ3) is 4.99. The van der Waals surface area contributed by atoms with E-state index >= 15 is 0 Å². The van der Waals surface area contributed by atoms with E-state index in [4.69, 9.17) is 5.11 Å². The smallest absolute Gasteiger partial charge is 0.317 e. The predicted molar refractivity (Wildman–Crippen MR) is 74.3 cm³/mol. The van der Waals surface area contributed by atoms with Crippen molar-refractivity contribution in [2.45, 2.75) is 32.2 Å². The third-order valence-electron chi connectivity index (χ3n) is 3.66. The number of carbonyl (C=O) groups excluding carboxylic acids is 1. The van der Waals surface area contributed by atoms with Crippen molar-refractivity contribution in [2.75, 3.05) is 25.1 Å². The Bertz CT molecular complexity index is 462. The quantitative estimate of drug-likeness (QED) is 0.735. The Balaban J connectivity index is 2.44. The van der Waals surface area contributed by atoms with Crippen LogP contribution in [0.25, 0.3) is 0 Å². The molecule has 2 atom stereocenters. The van der Waals surface area contributed by atoms with E-state index in [1.807, 2.05) is 6.92 Å². The van der Waals surface area contributed by atoms with Crippen molar-refractivity contribution < 1.29 is 23.1 Å². The number of nitrogens with zero attached hydrogens (tertiary/aromatic N) is 1. The van der Waals surface area contributed by atoms with Gasteiger partial charge in [0.05, 0.1) is 11.5 Å². The number of rotatable bonds is 6. The molecule has 2 amide bonds. The van der Waals surface area contributed by atoms with Crippen molar-refractivity contribution in [3.63, 3.8) is 0 Å². The summed E-state index contributed by atoms with van der Waals surface area (Å²) >= 11 is 0. The first-order chi connectivity index (χ1) is 9.25. The SMILES string of the molecule is CCC(CNC(=O)N(C)C1CCS(=O)(=O)C1)CC(=O)O. The molecule has 0 aliphatic carbocycles. The normalized spacial score (nSPS) is 22.2. The van der Waals surface area contributed by atoms with Gasteiger partial charge in [0.25, 0.3) is 0 Å². The number of hydrogen-bond donors (Lipinski definition) is 2. The molecule has 20 heavy (non-hydrogen) atoms. The van der Waals surface area contributed by atoms with Gasteiger partial charge in [0.15, 0.2) is 9.84 Å². The lowest BCUT2D eigenvalue weighted by molar-refractivity contribution is -0.138. The molecule has 1 aliphatic heterocycles. The maximum Gasteiger partial charge on any atom is 0.317 e. The number of carbonyl (C=O) groups is 2. The molecule has 0 aromatic carbocycles. The molecule has 0 radical (unpaired) electrons.